The van der Waals surface area contributed by atoms with Crippen molar-refractivity contribution in [2.45, 2.75) is 20.3 Å². The van der Waals surface area contributed by atoms with Crippen LogP contribution in [0.25, 0.3) is 0 Å². The van der Waals surface area contributed by atoms with E-state index >= 15 is 0 Å². The molecule has 1 N–H and O–H groups in total. The third-order valence-electron chi connectivity index (χ3n) is 4.17. The fourth-order valence-electron chi connectivity index (χ4n) is 2.97. The van der Waals surface area contributed by atoms with Crippen molar-refractivity contribution in [3.05, 3.63) is 51.7 Å². The Labute approximate surface area is 150 Å². The van der Waals surface area contributed by atoms with Gasteiger partial charge in [0.25, 0.3) is 17.4 Å². The minimum absolute atomic E-state index is 0.130. The predicted molar refractivity (Wildman–Crippen MR) is 92.8 cm³/mol. The minimum Gasteiger partial charge on any atom is -0.335 e. The Morgan fingerprint density at radius 3 is 2.38 bits per heavy atom. The van der Waals surface area contributed by atoms with E-state index < -0.39 is 11.5 Å². The van der Waals surface area contributed by atoms with Gasteiger partial charge in [0.2, 0.25) is 0 Å². The number of carbonyl (C=O) groups excluding carboxylic acids is 2. The molecule has 0 bridgehead atoms. The number of H-pyrrole nitrogens is 1. The van der Waals surface area contributed by atoms with Crippen molar-refractivity contribution in [2.24, 2.45) is 0 Å². The highest BCUT2D eigenvalue weighted by Gasteiger charge is 2.26. The van der Waals surface area contributed by atoms with Gasteiger partial charge in [-0.15, -0.1) is 0 Å². The predicted octanol–water partition coefficient (Wildman–Crippen LogP) is 0.165. The average Bonchev–Trinajstić information content (AvgIpc) is 2.86. The quantitative estimate of drug-likeness (QED) is 0.821. The number of amides is 2. The first-order valence-electron chi connectivity index (χ1n) is 8.40. The van der Waals surface area contributed by atoms with Crippen LogP contribution in [0.3, 0.4) is 0 Å². The van der Waals surface area contributed by atoms with Crippen molar-refractivity contribution < 1.29 is 9.59 Å². The zero-order valence-electron chi connectivity index (χ0n) is 14.7. The molecule has 0 saturated carbocycles. The van der Waals surface area contributed by atoms with E-state index in [9.17, 15) is 14.4 Å². The number of hydrogen-bond acceptors (Lipinski definition) is 6. The SMILES string of the molecule is Cc1cc(C(=O)N2CCCN(C(=O)c3ncc[nH]c3=O)CC2)nc(C)n1. The summed E-state index contributed by atoms with van der Waals surface area (Å²) in [6.07, 6.45) is 3.38. The number of aromatic amines is 1. The lowest BCUT2D eigenvalue weighted by molar-refractivity contribution is 0.0711. The fourth-order valence-corrected chi connectivity index (χ4v) is 2.97. The van der Waals surface area contributed by atoms with Crippen LogP contribution >= 0.6 is 0 Å². The minimum atomic E-state index is -0.512. The van der Waals surface area contributed by atoms with Gasteiger partial charge in [0.1, 0.15) is 11.5 Å². The lowest BCUT2D eigenvalue weighted by Crippen LogP contribution is -2.39. The average molecular weight is 356 g/mol. The van der Waals surface area contributed by atoms with Crippen molar-refractivity contribution >= 4 is 11.8 Å². The van der Waals surface area contributed by atoms with Crippen LogP contribution in [0.1, 0.15) is 38.9 Å². The van der Waals surface area contributed by atoms with Gasteiger partial charge in [-0.1, -0.05) is 0 Å². The smallest absolute Gasteiger partial charge is 0.279 e. The third kappa shape index (κ3) is 3.76. The van der Waals surface area contributed by atoms with Crippen LogP contribution < -0.4 is 5.56 Å². The summed E-state index contributed by atoms with van der Waals surface area (Å²) in [5.74, 6) is -0.0483. The molecule has 2 aromatic heterocycles. The van der Waals surface area contributed by atoms with Crippen LogP contribution in [0.4, 0.5) is 0 Å². The Balaban J connectivity index is 1.72. The molecule has 0 aliphatic carbocycles. The molecular weight excluding hydrogens is 336 g/mol. The summed E-state index contributed by atoms with van der Waals surface area (Å²) in [6, 6.07) is 1.66. The maximum Gasteiger partial charge on any atom is 0.279 e. The molecule has 0 atom stereocenters. The Morgan fingerprint density at radius 1 is 1.04 bits per heavy atom. The van der Waals surface area contributed by atoms with Crippen molar-refractivity contribution in [2.75, 3.05) is 26.2 Å². The number of aromatic nitrogens is 4. The highest BCUT2D eigenvalue weighted by Crippen LogP contribution is 2.10. The Hall–Kier alpha value is -3.10. The number of rotatable bonds is 2. The summed E-state index contributed by atoms with van der Waals surface area (Å²) >= 11 is 0. The van der Waals surface area contributed by atoms with Crippen molar-refractivity contribution in [1.29, 1.82) is 0 Å². The number of aryl methyl sites for hydroxylation is 2. The van der Waals surface area contributed by atoms with Crippen LogP contribution in [0.2, 0.25) is 0 Å². The molecular formula is C17H20N6O3. The van der Waals surface area contributed by atoms with E-state index in [0.717, 1.165) is 5.69 Å². The molecule has 0 spiro atoms. The lowest BCUT2D eigenvalue weighted by atomic mass is 10.2. The van der Waals surface area contributed by atoms with Crippen LogP contribution in [-0.2, 0) is 0 Å². The van der Waals surface area contributed by atoms with Gasteiger partial charge in [-0.2, -0.15) is 0 Å². The summed E-state index contributed by atoms with van der Waals surface area (Å²) in [6.45, 7) is 5.25. The van der Waals surface area contributed by atoms with Crippen LogP contribution in [0.15, 0.2) is 23.3 Å². The normalized spacial score (nSPS) is 14.8. The summed E-state index contributed by atoms with van der Waals surface area (Å²) in [5, 5.41) is 0. The third-order valence-corrected chi connectivity index (χ3v) is 4.17. The van der Waals surface area contributed by atoms with Crippen molar-refractivity contribution in [3.63, 3.8) is 0 Å². The molecule has 3 heterocycles. The van der Waals surface area contributed by atoms with Gasteiger partial charge >= 0.3 is 0 Å². The van der Waals surface area contributed by atoms with Crippen LogP contribution in [-0.4, -0.2) is 67.7 Å². The van der Waals surface area contributed by atoms with E-state index in [4.69, 9.17) is 0 Å². The molecule has 2 amide bonds. The number of carbonyl (C=O) groups is 2. The van der Waals surface area contributed by atoms with Crippen LogP contribution in [0, 0.1) is 13.8 Å². The summed E-state index contributed by atoms with van der Waals surface area (Å²) in [5.41, 5.74) is 0.453. The van der Waals surface area contributed by atoms with Gasteiger partial charge in [-0.3, -0.25) is 14.4 Å². The van der Waals surface area contributed by atoms with E-state index in [1.54, 1.807) is 22.8 Å². The number of nitrogens with one attached hydrogen (secondary N) is 1. The highest BCUT2D eigenvalue weighted by molar-refractivity contribution is 5.93. The fraction of sp³-hybridized carbons (Fsp3) is 0.412. The molecule has 0 unspecified atom stereocenters. The van der Waals surface area contributed by atoms with E-state index in [1.807, 2.05) is 6.92 Å². The zero-order chi connectivity index (χ0) is 18.7. The maximum atomic E-state index is 12.7. The molecule has 9 heteroatoms. The van der Waals surface area contributed by atoms with E-state index in [-0.39, 0.29) is 11.6 Å². The highest BCUT2D eigenvalue weighted by atomic mass is 16.2. The summed E-state index contributed by atoms with van der Waals surface area (Å²) in [7, 11) is 0. The largest absolute Gasteiger partial charge is 0.335 e. The lowest BCUT2D eigenvalue weighted by Gasteiger charge is -2.21. The standard InChI is InChI=1S/C17H20N6O3/c1-11-10-13(21-12(2)20-11)16(25)22-6-3-7-23(9-8-22)17(26)14-15(24)19-5-4-18-14/h4-5,10H,3,6-9H2,1-2H3,(H,19,24). The van der Waals surface area contributed by atoms with Crippen LogP contribution in [0.5, 0.6) is 0 Å². The first-order valence-corrected chi connectivity index (χ1v) is 8.40. The number of hydrogen-bond donors (Lipinski definition) is 1. The molecule has 1 saturated heterocycles. The van der Waals surface area contributed by atoms with Gasteiger partial charge in [0, 0.05) is 44.3 Å². The molecule has 26 heavy (non-hydrogen) atoms. The first kappa shape index (κ1) is 17.7. The Morgan fingerprint density at radius 2 is 1.73 bits per heavy atom. The molecule has 1 aliphatic heterocycles. The van der Waals surface area contributed by atoms with Gasteiger partial charge in [0.15, 0.2) is 5.69 Å². The van der Waals surface area contributed by atoms with Gasteiger partial charge in [0.05, 0.1) is 0 Å². The monoisotopic (exact) mass is 356 g/mol. The van der Waals surface area contributed by atoms with Gasteiger partial charge in [-0.25, -0.2) is 15.0 Å². The van der Waals surface area contributed by atoms with E-state index in [0.29, 0.717) is 44.1 Å². The molecule has 1 fully saturated rings. The van der Waals surface area contributed by atoms with Gasteiger partial charge in [-0.05, 0) is 26.3 Å². The molecule has 1 aliphatic rings. The Bertz CT molecular complexity index is 874. The van der Waals surface area contributed by atoms with E-state index in [2.05, 4.69) is 19.9 Å². The summed E-state index contributed by atoms with van der Waals surface area (Å²) in [4.78, 5) is 55.0. The number of nitrogens with zero attached hydrogens (tertiary/aromatic N) is 5. The maximum absolute atomic E-state index is 12.7. The zero-order valence-corrected chi connectivity index (χ0v) is 14.7. The summed E-state index contributed by atoms with van der Waals surface area (Å²) < 4.78 is 0. The first-order chi connectivity index (χ1) is 12.5. The second kappa shape index (κ2) is 7.42. The second-order valence-electron chi connectivity index (χ2n) is 6.15. The molecule has 136 valence electrons. The molecule has 2 aromatic rings. The van der Waals surface area contributed by atoms with Crippen molar-refractivity contribution in [3.8, 4) is 0 Å². The van der Waals surface area contributed by atoms with E-state index in [1.165, 1.54) is 12.4 Å². The molecule has 0 aromatic carbocycles. The van der Waals surface area contributed by atoms with Crippen molar-refractivity contribution in [1.82, 2.24) is 29.7 Å². The second-order valence-corrected chi connectivity index (χ2v) is 6.15. The molecule has 0 radical (unpaired) electrons. The molecule has 3 rings (SSSR count). The topological polar surface area (TPSA) is 112 Å². The van der Waals surface area contributed by atoms with Gasteiger partial charge < -0.3 is 14.8 Å². The molecule has 9 nitrogen and oxygen atoms in total. The Kier molecular flexibility index (Phi) is 5.06.